The quantitative estimate of drug-likeness (QED) is 0.556. The molecule has 3 N–H and O–H groups in total. The van der Waals surface area contributed by atoms with Gasteiger partial charge in [-0.05, 0) is 27.7 Å². The predicted octanol–water partition coefficient (Wildman–Crippen LogP) is 0.410. The fourth-order valence-electron chi connectivity index (χ4n) is 1.82. The van der Waals surface area contributed by atoms with Crippen LogP contribution in [0.5, 0.6) is 0 Å². The van der Waals surface area contributed by atoms with Gasteiger partial charge in [-0.1, -0.05) is 0 Å². The van der Waals surface area contributed by atoms with Crippen molar-refractivity contribution in [3.05, 3.63) is 0 Å². The summed E-state index contributed by atoms with van der Waals surface area (Å²) in [6, 6.07) is 0.482. The number of nitrogens with zero attached hydrogens (tertiary/aromatic N) is 2. The smallest absolute Gasteiger partial charge is 0.189 e. The molecule has 17 heavy (non-hydrogen) atoms. The fourth-order valence-corrected chi connectivity index (χ4v) is 1.82. The summed E-state index contributed by atoms with van der Waals surface area (Å²) in [5, 5.41) is 3.15. The Morgan fingerprint density at radius 2 is 2.24 bits per heavy atom. The van der Waals surface area contributed by atoms with Gasteiger partial charge in [0.1, 0.15) is 0 Å². The molecular weight excluding hydrogens is 216 g/mol. The van der Waals surface area contributed by atoms with E-state index in [0.717, 1.165) is 32.8 Å². The number of ether oxygens (including phenoxy) is 1. The Balaban J connectivity index is 2.28. The maximum Gasteiger partial charge on any atom is 0.189 e. The van der Waals surface area contributed by atoms with Crippen LogP contribution >= 0.6 is 0 Å². The molecule has 1 aliphatic heterocycles. The Morgan fingerprint density at radius 3 is 2.82 bits per heavy atom. The van der Waals surface area contributed by atoms with Crippen molar-refractivity contribution in [1.82, 2.24) is 10.2 Å². The van der Waals surface area contributed by atoms with Gasteiger partial charge in [-0.2, -0.15) is 0 Å². The van der Waals surface area contributed by atoms with Crippen molar-refractivity contribution in [3.63, 3.8) is 0 Å². The molecule has 1 saturated heterocycles. The van der Waals surface area contributed by atoms with Gasteiger partial charge in [0.25, 0.3) is 0 Å². The standard InChI is InChI=1S/C12H26N4O/c1-10-9-17-8-7-16(10)6-5-14-11(13)15-12(2,3)4/h10H,5-9H2,1-4H3,(H3,13,14,15). The van der Waals surface area contributed by atoms with Crippen LogP contribution in [0, 0.1) is 0 Å². The van der Waals surface area contributed by atoms with Crippen molar-refractivity contribution < 1.29 is 4.74 Å². The van der Waals surface area contributed by atoms with E-state index >= 15 is 0 Å². The molecule has 0 radical (unpaired) electrons. The lowest BCUT2D eigenvalue weighted by Crippen LogP contribution is -2.46. The van der Waals surface area contributed by atoms with Gasteiger partial charge in [0, 0.05) is 24.7 Å². The summed E-state index contributed by atoms with van der Waals surface area (Å²) in [4.78, 5) is 6.73. The highest BCUT2D eigenvalue weighted by molar-refractivity contribution is 5.78. The average molecular weight is 242 g/mol. The van der Waals surface area contributed by atoms with E-state index in [2.05, 4.69) is 42.9 Å². The van der Waals surface area contributed by atoms with Crippen molar-refractivity contribution in [1.29, 1.82) is 0 Å². The number of nitrogens with one attached hydrogen (secondary N) is 1. The van der Waals surface area contributed by atoms with E-state index in [1.54, 1.807) is 0 Å². The van der Waals surface area contributed by atoms with Gasteiger partial charge < -0.3 is 15.8 Å². The summed E-state index contributed by atoms with van der Waals surface area (Å²) < 4.78 is 5.39. The van der Waals surface area contributed by atoms with Crippen molar-refractivity contribution >= 4 is 5.96 Å². The van der Waals surface area contributed by atoms with Crippen LogP contribution in [0.1, 0.15) is 27.7 Å². The average Bonchev–Trinajstić information content (AvgIpc) is 2.18. The zero-order valence-corrected chi connectivity index (χ0v) is 11.5. The van der Waals surface area contributed by atoms with Gasteiger partial charge in [-0.15, -0.1) is 0 Å². The first-order valence-electron chi connectivity index (χ1n) is 6.28. The molecule has 1 fully saturated rings. The third-order valence-electron chi connectivity index (χ3n) is 2.68. The lowest BCUT2D eigenvalue weighted by atomic mass is 10.1. The first kappa shape index (κ1) is 14.3. The third kappa shape index (κ3) is 5.89. The zero-order chi connectivity index (χ0) is 12.9. The highest BCUT2D eigenvalue weighted by atomic mass is 16.5. The van der Waals surface area contributed by atoms with E-state index in [1.165, 1.54) is 0 Å². The van der Waals surface area contributed by atoms with Crippen molar-refractivity contribution in [3.8, 4) is 0 Å². The molecule has 0 spiro atoms. The normalized spacial score (nSPS) is 23.8. The molecule has 1 unspecified atom stereocenters. The van der Waals surface area contributed by atoms with Crippen LogP contribution in [-0.4, -0.2) is 55.3 Å². The molecule has 1 heterocycles. The largest absolute Gasteiger partial charge is 0.379 e. The molecular formula is C12H26N4O. The summed E-state index contributed by atoms with van der Waals surface area (Å²) in [6.07, 6.45) is 0. The number of nitrogens with two attached hydrogens (primary N) is 1. The van der Waals surface area contributed by atoms with Gasteiger partial charge in [0.2, 0.25) is 0 Å². The lowest BCUT2D eigenvalue weighted by Gasteiger charge is -2.32. The van der Waals surface area contributed by atoms with Crippen LogP contribution < -0.4 is 11.1 Å². The second-order valence-corrected chi connectivity index (χ2v) is 5.60. The first-order valence-corrected chi connectivity index (χ1v) is 6.28. The van der Waals surface area contributed by atoms with Gasteiger partial charge in [-0.25, -0.2) is 0 Å². The van der Waals surface area contributed by atoms with Crippen LogP contribution in [0.3, 0.4) is 0 Å². The van der Waals surface area contributed by atoms with Gasteiger partial charge >= 0.3 is 0 Å². The second kappa shape index (κ2) is 6.21. The van der Waals surface area contributed by atoms with Gasteiger partial charge in [0.05, 0.1) is 19.8 Å². The minimum absolute atomic E-state index is 0.0279. The Morgan fingerprint density at radius 1 is 1.53 bits per heavy atom. The van der Waals surface area contributed by atoms with E-state index in [-0.39, 0.29) is 5.54 Å². The predicted molar refractivity (Wildman–Crippen MR) is 71.2 cm³/mol. The van der Waals surface area contributed by atoms with E-state index in [0.29, 0.717) is 12.0 Å². The number of hydrogen-bond donors (Lipinski definition) is 2. The van der Waals surface area contributed by atoms with Crippen LogP contribution in [0.2, 0.25) is 0 Å². The Kier molecular flexibility index (Phi) is 5.21. The molecule has 5 nitrogen and oxygen atoms in total. The minimum atomic E-state index is -0.0279. The summed E-state index contributed by atoms with van der Waals surface area (Å²) >= 11 is 0. The maximum atomic E-state index is 5.81. The molecule has 0 saturated carbocycles. The Bertz CT molecular complexity index is 260. The SMILES string of the molecule is CC1COCCN1CCN=C(N)NC(C)(C)C. The van der Waals surface area contributed by atoms with Gasteiger partial charge in [0.15, 0.2) is 5.96 Å². The molecule has 0 aromatic heterocycles. The lowest BCUT2D eigenvalue weighted by molar-refractivity contribution is 0.00141. The Hall–Kier alpha value is -0.810. The number of guanidine groups is 1. The monoisotopic (exact) mass is 242 g/mol. The van der Waals surface area contributed by atoms with Crippen LogP contribution in [0.15, 0.2) is 4.99 Å². The van der Waals surface area contributed by atoms with E-state index in [4.69, 9.17) is 10.5 Å². The minimum Gasteiger partial charge on any atom is -0.379 e. The van der Waals surface area contributed by atoms with E-state index in [1.807, 2.05) is 0 Å². The number of hydrogen-bond acceptors (Lipinski definition) is 3. The van der Waals surface area contributed by atoms with Crippen LogP contribution in [-0.2, 0) is 4.74 Å². The summed E-state index contributed by atoms with van der Waals surface area (Å²) in [6.45, 7) is 12.7. The second-order valence-electron chi connectivity index (χ2n) is 5.60. The van der Waals surface area contributed by atoms with Crippen molar-refractivity contribution in [2.45, 2.75) is 39.3 Å². The van der Waals surface area contributed by atoms with Crippen molar-refractivity contribution in [2.75, 3.05) is 32.8 Å². The maximum absolute atomic E-state index is 5.81. The molecule has 100 valence electrons. The third-order valence-corrected chi connectivity index (χ3v) is 2.68. The molecule has 5 heteroatoms. The van der Waals surface area contributed by atoms with E-state index < -0.39 is 0 Å². The van der Waals surface area contributed by atoms with E-state index in [9.17, 15) is 0 Å². The number of rotatable bonds is 3. The molecule has 1 rings (SSSR count). The fraction of sp³-hybridized carbons (Fsp3) is 0.917. The molecule has 0 aromatic carbocycles. The summed E-state index contributed by atoms with van der Waals surface area (Å²) in [5.74, 6) is 0.526. The molecule has 0 aromatic rings. The summed E-state index contributed by atoms with van der Waals surface area (Å²) in [5.41, 5.74) is 5.78. The zero-order valence-electron chi connectivity index (χ0n) is 11.5. The highest BCUT2D eigenvalue weighted by Crippen LogP contribution is 2.05. The topological polar surface area (TPSA) is 62.9 Å². The molecule has 1 aliphatic rings. The molecule has 0 aliphatic carbocycles. The highest BCUT2D eigenvalue weighted by Gasteiger charge is 2.17. The van der Waals surface area contributed by atoms with Crippen LogP contribution in [0.25, 0.3) is 0 Å². The Labute approximate surface area is 104 Å². The number of aliphatic imine (C=N–C) groups is 1. The first-order chi connectivity index (χ1) is 7.88. The molecule has 0 amide bonds. The summed E-state index contributed by atoms with van der Waals surface area (Å²) in [7, 11) is 0. The number of morpholine rings is 1. The van der Waals surface area contributed by atoms with Gasteiger partial charge in [-0.3, -0.25) is 9.89 Å². The molecule has 1 atom stereocenters. The van der Waals surface area contributed by atoms with Crippen LogP contribution in [0.4, 0.5) is 0 Å². The van der Waals surface area contributed by atoms with Crippen molar-refractivity contribution in [2.24, 2.45) is 10.7 Å². The molecule has 0 bridgehead atoms.